The average molecular weight is 279 g/mol. The topological polar surface area (TPSA) is 130 Å². The number of rotatable bonds is 5. The van der Waals surface area contributed by atoms with Gasteiger partial charge in [0.25, 0.3) is 0 Å². The third kappa shape index (κ3) is 4.49. The van der Waals surface area contributed by atoms with Crippen LogP contribution in [0.15, 0.2) is 0 Å². The van der Waals surface area contributed by atoms with Gasteiger partial charge in [0.15, 0.2) is 0 Å². The Morgan fingerprint density at radius 1 is 1.44 bits per heavy atom. The fraction of sp³-hybridized carbons (Fsp3) is 0.778. The first kappa shape index (κ1) is 14.7. The van der Waals surface area contributed by atoms with E-state index in [4.69, 9.17) is 10.2 Å². The minimum Gasteiger partial charge on any atom is -0.480 e. The van der Waals surface area contributed by atoms with Crippen LogP contribution in [-0.2, 0) is 14.8 Å². The minimum absolute atomic E-state index is 0.151. The maximum Gasteiger partial charge on any atom is 0.326 e. The number of primary sulfonamides is 1. The molecule has 1 rings (SSSR count). The van der Waals surface area contributed by atoms with Gasteiger partial charge in [-0.25, -0.2) is 23.1 Å². The SMILES string of the molecule is NS(=O)(=O)CCCNC(=O)N1CCCC1C(=O)O. The fourth-order valence-electron chi connectivity index (χ4n) is 1.84. The molecule has 0 aromatic rings. The van der Waals surface area contributed by atoms with Gasteiger partial charge in [0.05, 0.1) is 5.75 Å². The lowest BCUT2D eigenvalue weighted by atomic mass is 10.2. The van der Waals surface area contributed by atoms with Crippen molar-refractivity contribution in [3.63, 3.8) is 0 Å². The maximum absolute atomic E-state index is 11.7. The highest BCUT2D eigenvalue weighted by molar-refractivity contribution is 7.89. The Hall–Kier alpha value is -1.35. The number of carbonyl (C=O) groups is 2. The summed E-state index contributed by atoms with van der Waals surface area (Å²) in [6.45, 7) is 0.552. The quantitative estimate of drug-likeness (QED) is 0.551. The molecule has 9 heteroatoms. The van der Waals surface area contributed by atoms with Crippen LogP contribution in [0.3, 0.4) is 0 Å². The van der Waals surface area contributed by atoms with E-state index in [1.807, 2.05) is 0 Å². The van der Waals surface area contributed by atoms with Crippen LogP contribution in [0, 0.1) is 0 Å². The maximum atomic E-state index is 11.7. The van der Waals surface area contributed by atoms with Crippen LogP contribution in [0.1, 0.15) is 19.3 Å². The predicted octanol–water partition coefficient (Wildman–Crippen LogP) is -1.08. The summed E-state index contributed by atoms with van der Waals surface area (Å²) in [5, 5.41) is 16.2. The summed E-state index contributed by atoms with van der Waals surface area (Å²) in [5.41, 5.74) is 0. The van der Waals surface area contributed by atoms with Crippen molar-refractivity contribution in [2.24, 2.45) is 5.14 Å². The molecule has 18 heavy (non-hydrogen) atoms. The van der Waals surface area contributed by atoms with E-state index in [0.29, 0.717) is 19.4 Å². The van der Waals surface area contributed by atoms with Crippen LogP contribution in [0.5, 0.6) is 0 Å². The molecular formula is C9H17N3O5S. The van der Waals surface area contributed by atoms with Gasteiger partial charge >= 0.3 is 12.0 Å². The molecule has 1 heterocycles. The summed E-state index contributed by atoms with van der Waals surface area (Å²) < 4.78 is 21.3. The van der Waals surface area contributed by atoms with Crippen molar-refractivity contribution in [1.82, 2.24) is 10.2 Å². The molecule has 8 nitrogen and oxygen atoms in total. The van der Waals surface area contributed by atoms with E-state index in [-0.39, 0.29) is 18.7 Å². The number of carboxylic acids is 1. The predicted molar refractivity (Wildman–Crippen MR) is 63.4 cm³/mol. The van der Waals surface area contributed by atoms with Crippen molar-refractivity contribution in [3.05, 3.63) is 0 Å². The molecule has 1 aliphatic rings. The number of carbonyl (C=O) groups excluding carboxylic acids is 1. The second-order valence-corrected chi connectivity index (χ2v) is 5.88. The van der Waals surface area contributed by atoms with Crippen molar-refractivity contribution in [2.75, 3.05) is 18.8 Å². The molecule has 0 aromatic carbocycles. The number of nitrogens with zero attached hydrogens (tertiary/aromatic N) is 1. The molecule has 1 fully saturated rings. The average Bonchev–Trinajstić information content (AvgIpc) is 2.71. The number of hydrogen-bond donors (Lipinski definition) is 3. The molecule has 1 unspecified atom stereocenters. The monoisotopic (exact) mass is 279 g/mol. The van der Waals surface area contributed by atoms with E-state index in [1.54, 1.807) is 0 Å². The summed E-state index contributed by atoms with van der Waals surface area (Å²) in [5.74, 6) is -1.23. The summed E-state index contributed by atoms with van der Waals surface area (Å²) >= 11 is 0. The normalized spacial score (nSPS) is 19.8. The van der Waals surface area contributed by atoms with Crippen LogP contribution in [0.2, 0.25) is 0 Å². The number of likely N-dealkylation sites (tertiary alicyclic amines) is 1. The molecule has 0 spiro atoms. The lowest BCUT2D eigenvalue weighted by Crippen LogP contribution is -2.46. The van der Waals surface area contributed by atoms with Gasteiger partial charge in [-0.15, -0.1) is 0 Å². The number of aliphatic carboxylic acids is 1. The van der Waals surface area contributed by atoms with Gasteiger partial charge < -0.3 is 15.3 Å². The van der Waals surface area contributed by atoms with Gasteiger partial charge in [0, 0.05) is 13.1 Å². The second kappa shape index (κ2) is 6.01. The first-order chi connectivity index (χ1) is 8.31. The summed E-state index contributed by atoms with van der Waals surface area (Å²) in [6, 6.07) is -1.27. The number of urea groups is 1. The number of nitrogens with two attached hydrogens (primary N) is 1. The Balaban J connectivity index is 2.35. The van der Waals surface area contributed by atoms with Crippen molar-refractivity contribution < 1.29 is 23.1 Å². The van der Waals surface area contributed by atoms with Crippen LogP contribution in [0.25, 0.3) is 0 Å². The Morgan fingerprint density at radius 3 is 2.67 bits per heavy atom. The number of amides is 2. The Morgan fingerprint density at radius 2 is 2.11 bits per heavy atom. The van der Waals surface area contributed by atoms with Crippen LogP contribution in [-0.4, -0.2) is 55.3 Å². The third-order valence-electron chi connectivity index (χ3n) is 2.68. The summed E-state index contributed by atoms with van der Waals surface area (Å²) in [7, 11) is -3.52. The van der Waals surface area contributed by atoms with E-state index in [9.17, 15) is 18.0 Å². The Kier molecular flexibility index (Phi) is 4.91. The molecule has 1 saturated heterocycles. The largest absolute Gasteiger partial charge is 0.480 e. The van der Waals surface area contributed by atoms with Gasteiger partial charge in [0.2, 0.25) is 10.0 Å². The molecule has 4 N–H and O–H groups in total. The first-order valence-electron chi connectivity index (χ1n) is 5.59. The standard InChI is InChI=1S/C9H17N3O5S/c10-18(16,17)6-2-4-11-9(15)12-5-1-3-7(12)8(13)14/h7H,1-6H2,(H,11,15)(H,13,14)(H2,10,16,17). The summed E-state index contributed by atoms with van der Waals surface area (Å²) in [4.78, 5) is 23.8. The van der Waals surface area contributed by atoms with E-state index in [2.05, 4.69) is 5.32 Å². The number of hydrogen-bond acceptors (Lipinski definition) is 4. The Labute approximate surface area is 105 Å². The summed E-state index contributed by atoms with van der Waals surface area (Å²) in [6.07, 6.45) is 1.30. The molecule has 0 aromatic heterocycles. The van der Waals surface area contributed by atoms with E-state index in [1.165, 1.54) is 4.90 Å². The molecular weight excluding hydrogens is 262 g/mol. The van der Waals surface area contributed by atoms with Crippen molar-refractivity contribution >= 4 is 22.0 Å². The van der Waals surface area contributed by atoms with E-state index < -0.39 is 28.1 Å². The molecule has 0 saturated carbocycles. The van der Waals surface area contributed by atoms with Crippen LogP contribution >= 0.6 is 0 Å². The van der Waals surface area contributed by atoms with Gasteiger partial charge in [-0.2, -0.15) is 0 Å². The lowest BCUT2D eigenvalue weighted by Gasteiger charge is -2.21. The molecule has 0 bridgehead atoms. The number of nitrogens with one attached hydrogen (secondary N) is 1. The molecule has 1 aliphatic heterocycles. The van der Waals surface area contributed by atoms with Crippen LogP contribution < -0.4 is 10.5 Å². The van der Waals surface area contributed by atoms with Gasteiger partial charge in [0.1, 0.15) is 6.04 Å². The number of sulfonamides is 1. The van der Waals surface area contributed by atoms with Crippen LogP contribution in [0.4, 0.5) is 4.79 Å². The van der Waals surface area contributed by atoms with Gasteiger partial charge in [-0.1, -0.05) is 0 Å². The van der Waals surface area contributed by atoms with E-state index in [0.717, 1.165) is 0 Å². The number of carboxylic acid groups (broad SMARTS) is 1. The van der Waals surface area contributed by atoms with E-state index >= 15 is 0 Å². The highest BCUT2D eigenvalue weighted by atomic mass is 32.2. The van der Waals surface area contributed by atoms with Gasteiger partial charge in [-0.3, -0.25) is 0 Å². The molecule has 2 amide bonds. The molecule has 0 radical (unpaired) electrons. The zero-order chi connectivity index (χ0) is 13.8. The highest BCUT2D eigenvalue weighted by Gasteiger charge is 2.33. The zero-order valence-electron chi connectivity index (χ0n) is 9.83. The minimum atomic E-state index is -3.52. The second-order valence-electron chi connectivity index (χ2n) is 4.14. The third-order valence-corrected chi connectivity index (χ3v) is 3.54. The zero-order valence-corrected chi connectivity index (χ0v) is 10.6. The van der Waals surface area contributed by atoms with Gasteiger partial charge in [-0.05, 0) is 19.3 Å². The smallest absolute Gasteiger partial charge is 0.326 e. The molecule has 0 aliphatic carbocycles. The molecule has 1 atom stereocenters. The fourth-order valence-corrected chi connectivity index (χ4v) is 2.38. The lowest BCUT2D eigenvalue weighted by molar-refractivity contribution is -0.141. The van der Waals surface area contributed by atoms with Crippen molar-refractivity contribution in [1.29, 1.82) is 0 Å². The highest BCUT2D eigenvalue weighted by Crippen LogP contribution is 2.17. The Bertz CT molecular complexity index is 422. The van der Waals surface area contributed by atoms with Crippen molar-refractivity contribution in [2.45, 2.75) is 25.3 Å². The van der Waals surface area contributed by atoms with Crippen molar-refractivity contribution in [3.8, 4) is 0 Å². The first-order valence-corrected chi connectivity index (χ1v) is 7.30. The molecule has 104 valence electrons.